The first-order chi connectivity index (χ1) is 7.45. The molecule has 0 radical (unpaired) electrons. The molecule has 0 aliphatic carbocycles. The van der Waals surface area contributed by atoms with Gasteiger partial charge in [0.05, 0.1) is 7.11 Å². The van der Waals surface area contributed by atoms with Crippen LogP contribution in [0.2, 0.25) is 0 Å². The summed E-state index contributed by atoms with van der Waals surface area (Å²) in [7, 11) is 1.47. The van der Waals surface area contributed by atoms with Crippen LogP contribution in [0.15, 0.2) is 12.1 Å². The molecule has 0 aromatic heterocycles. The van der Waals surface area contributed by atoms with Crippen molar-refractivity contribution in [1.29, 1.82) is 0 Å². The molecule has 0 aliphatic rings. The average Bonchev–Trinajstić information content (AvgIpc) is 2.24. The van der Waals surface area contributed by atoms with Crippen molar-refractivity contribution in [2.24, 2.45) is 5.73 Å². The second-order valence-electron chi connectivity index (χ2n) is 3.57. The van der Waals surface area contributed by atoms with Crippen LogP contribution in [-0.4, -0.2) is 24.2 Å². The monoisotopic (exact) mass is 227 g/mol. The lowest BCUT2D eigenvalue weighted by Gasteiger charge is -2.11. The van der Waals surface area contributed by atoms with Crippen molar-refractivity contribution >= 4 is 5.97 Å². The summed E-state index contributed by atoms with van der Waals surface area (Å²) in [6, 6.07) is 1.90. The molecule has 0 heterocycles. The molecule has 0 saturated carbocycles. The number of aliphatic carboxylic acids is 1. The van der Waals surface area contributed by atoms with E-state index in [1.54, 1.807) is 13.0 Å². The average molecular weight is 227 g/mol. The van der Waals surface area contributed by atoms with Gasteiger partial charge in [-0.05, 0) is 30.2 Å². The third-order valence-electron chi connectivity index (χ3n) is 2.30. The summed E-state index contributed by atoms with van der Waals surface area (Å²) < 4.78 is 18.6. The van der Waals surface area contributed by atoms with Gasteiger partial charge in [0.25, 0.3) is 0 Å². The quantitative estimate of drug-likeness (QED) is 0.807. The molecule has 5 heteroatoms. The Kier molecular flexibility index (Phi) is 3.84. The van der Waals surface area contributed by atoms with Crippen LogP contribution in [0.1, 0.15) is 11.1 Å². The number of rotatable bonds is 4. The van der Waals surface area contributed by atoms with Crippen LogP contribution in [0.4, 0.5) is 4.39 Å². The van der Waals surface area contributed by atoms with Gasteiger partial charge in [0.1, 0.15) is 17.6 Å². The largest absolute Gasteiger partial charge is 0.497 e. The molecule has 1 atom stereocenters. The zero-order valence-electron chi connectivity index (χ0n) is 9.16. The topological polar surface area (TPSA) is 72.5 Å². The molecule has 0 amide bonds. The highest BCUT2D eigenvalue weighted by atomic mass is 19.1. The smallest absolute Gasteiger partial charge is 0.320 e. The maximum atomic E-state index is 13.6. The van der Waals surface area contributed by atoms with E-state index in [-0.39, 0.29) is 12.0 Å². The summed E-state index contributed by atoms with van der Waals surface area (Å²) in [4.78, 5) is 10.6. The number of ether oxygens (including phenoxy) is 1. The molecule has 0 bridgehead atoms. The lowest BCUT2D eigenvalue weighted by atomic mass is 10.0. The van der Waals surface area contributed by atoms with Crippen molar-refractivity contribution in [3.63, 3.8) is 0 Å². The fourth-order valence-electron chi connectivity index (χ4n) is 1.40. The summed E-state index contributed by atoms with van der Waals surface area (Å²) in [5.74, 6) is -1.09. The lowest BCUT2D eigenvalue weighted by molar-refractivity contribution is -0.138. The van der Waals surface area contributed by atoms with Gasteiger partial charge in [-0.1, -0.05) is 0 Å². The molecule has 1 aromatic rings. The van der Waals surface area contributed by atoms with Gasteiger partial charge in [0.2, 0.25) is 0 Å². The number of carboxylic acid groups (broad SMARTS) is 1. The van der Waals surface area contributed by atoms with Gasteiger partial charge in [-0.3, -0.25) is 4.79 Å². The summed E-state index contributed by atoms with van der Waals surface area (Å²) >= 11 is 0. The molecular formula is C11H14FNO3. The van der Waals surface area contributed by atoms with Crippen LogP contribution in [0, 0.1) is 12.7 Å². The fourth-order valence-corrected chi connectivity index (χ4v) is 1.40. The number of methoxy groups -OCH3 is 1. The SMILES string of the molecule is COc1cc(C)c(F)c(CC(N)C(=O)O)c1. The van der Waals surface area contributed by atoms with Gasteiger partial charge in [-0.2, -0.15) is 0 Å². The van der Waals surface area contributed by atoms with E-state index < -0.39 is 17.8 Å². The van der Waals surface area contributed by atoms with Gasteiger partial charge >= 0.3 is 5.97 Å². The Labute approximate surface area is 92.8 Å². The van der Waals surface area contributed by atoms with Crippen molar-refractivity contribution in [3.05, 3.63) is 29.1 Å². The lowest BCUT2D eigenvalue weighted by Crippen LogP contribution is -2.32. The molecule has 0 fully saturated rings. The van der Waals surface area contributed by atoms with Crippen molar-refractivity contribution in [3.8, 4) is 5.75 Å². The number of aryl methyl sites for hydroxylation is 1. The molecule has 1 unspecified atom stereocenters. The van der Waals surface area contributed by atoms with Gasteiger partial charge in [-0.25, -0.2) is 4.39 Å². The van der Waals surface area contributed by atoms with Gasteiger partial charge in [0, 0.05) is 6.42 Å². The number of benzene rings is 1. The standard InChI is InChI=1S/C11H14FNO3/c1-6-3-8(16-2)4-7(10(6)12)5-9(13)11(14)15/h3-4,9H,5,13H2,1-2H3,(H,14,15). The Morgan fingerprint density at radius 1 is 1.62 bits per heavy atom. The van der Waals surface area contributed by atoms with Gasteiger partial charge < -0.3 is 15.6 Å². The third-order valence-corrected chi connectivity index (χ3v) is 2.30. The highest BCUT2D eigenvalue weighted by Gasteiger charge is 2.16. The highest BCUT2D eigenvalue weighted by molar-refractivity contribution is 5.73. The number of halogens is 1. The first-order valence-electron chi connectivity index (χ1n) is 4.77. The van der Waals surface area contributed by atoms with E-state index >= 15 is 0 Å². The van der Waals surface area contributed by atoms with E-state index in [9.17, 15) is 9.18 Å². The molecule has 3 N–H and O–H groups in total. The van der Waals surface area contributed by atoms with Crippen molar-refractivity contribution in [2.75, 3.05) is 7.11 Å². The minimum absolute atomic E-state index is 0.0563. The third kappa shape index (κ3) is 2.70. The zero-order chi connectivity index (χ0) is 12.3. The summed E-state index contributed by atoms with van der Waals surface area (Å²) in [5, 5.41) is 8.65. The molecule has 16 heavy (non-hydrogen) atoms. The van der Waals surface area contributed by atoms with Crippen molar-refractivity contribution in [1.82, 2.24) is 0 Å². The maximum absolute atomic E-state index is 13.6. The van der Waals surface area contributed by atoms with Crippen LogP contribution in [0.3, 0.4) is 0 Å². The van der Waals surface area contributed by atoms with Crippen LogP contribution < -0.4 is 10.5 Å². The van der Waals surface area contributed by atoms with E-state index in [2.05, 4.69) is 0 Å². The maximum Gasteiger partial charge on any atom is 0.320 e. The number of carboxylic acids is 1. The predicted molar refractivity (Wildman–Crippen MR) is 57.0 cm³/mol. The molecule has 4 nitrogen and oxygen atoms in total. The fraction of sp³-hybridized carbons (Fsp3) is 0.364. The normalized spacial score (nSPS) is 12.2. The van der Waals surface area contributed by atoms with Crippen LogP contribution >= 0.6 is 0 Å². The number of hydrogen-bond donors (Lipinski definition) is 2. The summed E-state index contributed by atoms with van der Waals surface area (Å²) in [5.41, 5.74) is 6.02. The van der Waals surface area contributed by atoms with Crippen molar-refractivity contribution in [2.45, 2.75) is 19.4 Å². The number of nitrogens with two attached hydrogens (primary N) is 1. The van der Waals surface area contributed by atoms with E-state index in [0.717, 1.165) is 0 Å². The number of carbonyl (C=O) groups is 1. The molecule has 0 aliphatic heterocycles. The molecular weight excluding hydrogens is 213 g/mol. The second-order valence-corrected chi connectivity index (χ2v) is 3.57. The molecule has 88 valence electrons. The predicted octanol–water partition coefficient (Wildman–Crippen LogP) is 1.10. The first-order valence-corrected chi connectivity index (χ1v) is 4.77. The Morgan fingerprint density at radius 2 is 2.25 bits per heavy atom. The van der Waals surface area contributed by atoms with Crippen molar-refractivity contribution < 1.29 is 19.0 Å². The highest BCUT2D eigenvalue weighted by Crippen LogP contribution is 2.21. The Hall–Kier alpha value is -1.62. The molecule has 0 spiro atoms. The Morgan fingerprint density at radius 3 is 2.75 bits per heavy atom. The molecule has 1 rings (SSSR count). The molecule has 0 saturated heterocycles. The summed E-state index contributed by atoms with van der Waals surface area (Å²) in [6.07, 6.45) is -0.0563. The van der Waals surface area contributed by atoms with Gasteiger partial charge in [0.15, 0.2) is 0 Å². The number of hydrogen-bond acceptors (Lipinski definition) is 3. The summed E-state index contributed by atoms with van der Waals surface area (Å²) in [6.45, 7) is 1.59. The minimum Gasteiger partial charge on any atom is -0.497 e. The van der Waals surface area contributed by atoms with Crippen LogP contribution in [0.5, 0.6) is 5.75 Å². The minimum atomic E-state index is -1.15. The Bertz CT molecular complexity index is 406. The van der Waals surface area contributed by atoms with E-state index in [1.165, 1.54) is 13.2 Å². The first kappa shape index (κ1) is 12.4. The Balaban J connectivity index is 3.03. The molecule has 1 aromatic carbocycles. The zero-order valence-corrected chi connectivity index (χ0v) is 9.16. The van der Waals surface area contributed by atoms with Gasteiger partial charge in [-0.15, -0.1) is 0 Å². The van der Waals surface area contributed by atoms with Crippen LogP contribution in [0.25, 0.3) is 0 Å². The van der Waals surface area contributed by atoms with E-state index in [4.69, 9.17) is 15.6 Å². The van der Waals surface area contributed by atoms with E-state index in [1.807, 2.05) is 0 Å². The second kappa shape index (κ2) is 4.94. The van der Waals surface area contributed by atoms with E-state index in [0.29, 0.717) is 11.3 Å². The van der Waals surface area contributed by atoms with Crippen LogP contribution in [-0.2, 0) is 11.2 Å².